The molecule has 0 aliphatic heterocycles. The van der Waals surface area contributed by atoms with Crippen LogP contribution in [0.3, 0.4) is 0 Å². The van der Waals surface area contributed by atoms with Crippen molar-refractivity contribution in [3.8, 4) is 5.75 Å². The summed E-state index contributed by atoms with van der Waals surface area (Å²) >= 11 is 0. The number of hydrogen-bond acceptors (Lipinski definition) is 2. The Bertz CT molecular complexity index is 439. The molecule has 1 aromatic rings. The van der Waals surface area contributed by atoms with Gasteiger partial charge in [0.05, 0.1) is 7.11 Å². The van der Waals surface area contributed by atoms with E-state index in [0.29, 0.717) is 12.1 Å². The summed E-state index contributed by atoms with van der Waals surface area (Å²) in [5.41, 5.74) is 2.97. The van der Waals surface area contributed by atoms with Crippen LogP contribution in [0.4, 0.5) is 0 Å². The van der Waals surface area contributed by atoms with Gasteiger partial charge in [0.25, 0.3) is 0 Å². The smallest absolute Gasteiger partial charge is 0.119 e. The van der Waals surface area contributed by atoms with Gasteiger partial charge in [-0.15, -0.1) is 0 Å². The van der Waals surface area contributed by atoms with Gasteiger partial charge >= 0.3 is 0 Å². The van der Waals surface area contributed by atoms with Gasteiger partial charge in [0.2, 0.25) is 0 Å². The molecule has 0 spiro atoms. The minimum Gasteiger partial charge on any atom is -0.497 e. The SMILES string of the molecule is COc1ccc2c(c1)CCCC2NC(C)C1CCC1. The third-order valence-corrected chi connectivity index (χ3v) is 4.99. The first-order chi connectivity index (χ1) is 9.28. The highest BCUT2D eigenvalue weighted by atomic mass is 16.5. The topological polar surface area (TPSA) is 21.3 Å². The Morgan fingerprint density at radius 3 is 2.74 bits per heavy atom. The first-order valence-corrected chi connectivity index (χ1v) is 7.71. The Morgan fingerprint density at radius 1 is 1.21 bits per heavy atom. The van der Waals surface area contributed by atoms with Gasteiger partial charge in [-0.2, -0.15) is 0 Å². The van der Waals surface area contributed by atoms with E-state index in [1.54, 1.807) is 7.11 Å². The van der Waals surface area contributed by atoms with Crippen molar-refractivity contribution in [3.63, 3.8) is 0 Å². The molecule has 0 saturated heterocycles. The molecule has 3 rings (SSSR count). The van der Waals surface area contributed by atoms with Crippen molar-refractivity contribution in [2.45, 2.75) is 57.5 Å². The standard InChI is InChI=1S/C17H25NO/c1-12(13-5-3-6-13)18-17-8-4-7-14-11-15(19-2)9-10-16(14)17/h9-13,17-18H,3-8H2,1-2H3. The maximum absolute atomic E-state index is 5.34. The summed E-state index contributed by atoms with van der Waals surface area (Å²) in [6, 6.07) is 7.79. The Hall–Kier alpha value is -1.02. The average molecular weight is 259 g/mol. The molecule has 0 aromatic heterocycles. The second kappa shape index (κ2) is 5.54. The average Bonchev–Trinajstić information content (AvgIpc) is 2.36. The Kier molecular flexibility index (Phi) is 3.79. The van der Waals surface area contributed by atoms with Crippen molar-refractivity contribution < 1.29 is 4.74 Å². The normalized spacial score (nSPS) is 24.4. The molecule has 0 bridgehead atoms. The number of benzene rings is 1. The number of fused-ring (bicyclic) bond motifs is 1. The highest BCUT2D eigenvalue weighted by Crippen LogP contribution is 2.35. The van der Waals surface area contributed by atoms with Gasteiger partial charge in [0, 0.05) is 12.1 Å². The molecule has 2 heteroatoms. The van der Waals surface area contributed by atoms with E-state index in [9.17, 15) is 0 Å². The van der Waals surface area contributed by atoms with E-state index in [1.807, 2.05) is 0 Å². The third kappa shape index (κ3) is 2.64. The van der Waals surface area contributed by atoms with Crippen LogP contribution in [0.15, 0.2) is 18.2 Å². The molecule has 2 atom stereocenters. The van der Waals surface area contributed by atoms with Crippen LogP contribution in [0.5, 0.6) is 5.75 Å². The van der Waals surface area contributed by atoms with E-state index < -0.39 is 0 Å². The molecular weight excluding hydrogens is 234 g/mol. The predicted octanol–water partition coefficient (Wildman–Crippen LogP) is 3.85. The number of aryl methyl sites for hydroxylation is 1. The lowest BCUT2D eigenvalue weighted by atomic mass is 9.79. The van der Waals surface area contributed by atoms with E-state index in [2.05, 4.69) is 30.4 Å². The van der Waals surface area contributed by atoms with Gasteiger partial charge < -0.3 is 10.1 Å². The molecule has 1 N–H and O–H groups in total. The molecule has 1 aromatic carbocycles. The van der Waals surface area contributed by atoms with Gasteiger partial charge in [0.15, 0.2) is 0 Å². The molecule has 0 amide bonds. The van der Waals surface area contributed by atoms with Gasteiger partial charge in [0.1, 0.15) is 5.75 Å². The van der Waals surface area contributed by atoms with Crippen molar-refractivity contribution in [1.82, 2.24) is 5.32 Å². The fraction of sp³-hybridized carbons (Fsp3) is 0.647. The van der Waals surface area contributed by atoms with Crippen molar-refractivity contribution in [1.29, 1.82) is 0 Å². The van der Waals surface area contributed by atoms with Gasteiger partial charge in [-0.25, -0.2) is 0 Å². The Morgan fingerprint density at radius 2 is 2.05 bits per heavy atom. The van der Waals surface area contributed by atoms with E-state index in [4.69, 9.17) is 4.74 Å². The second-order valence-electron chi connectivity index (χ2n) is 6.16. The second-order valence-corrected chi connectivity index (χ2v) is 6.16. The molecule has 2 aliphatic carbocycles. The van der Waals surface area contributed by atoms with Crippen LogP contribution in [-0.4, -0.2) is 13.2 Å². The Balaban J connectivity index is 1.74. The predicted molar refractivity (Wildman–Crippen MR) is 78.6 cm³/mol. The van der Waals surface area contributed by atoms with Gasteiger partial charge in [-0.1, -0.05) is 12.5 Å². The van der Waals surface area contributed by atoms with Crippen LogP contribution in [0.1, 0.15) is 56.2 Å². The van der Waals surface area contributed by atoms with E-state index in [-0.39, 0.29) is 0 Å². The molecule has 0 heterocycles. The molecule has 1 saturated carbocycles. The van der Waals surface area contributed by atoms with Crippen LogP contribution in [0, 0.1) is 5.92 Å². The minimum atomic E-state index is 0.547. The largest absolute Gasteiger partial charge is 0.497 e. The number of hydrogen-bond donors (Lipinski definition) is 1. The fourth-order valence-electron chi connectivity index (χ4n) is 3.48. The first kappa shape index (κ1) is 13.0. The highest BCUT2D eigenvalue weighted by molar-refractivity contribution is 5.39. The first-order valence-electron chi connectivity index (χ1n) is 7.71. The summed E-state index contributed by atoms with van der Waals surface area (Å²) in [5, 5.41) is 3.87. The van der Waals surface area contributed by atoms with Gasteiger partial charge in [-0.3, -0.25) is 0 Å². The van der Waals surface area contributed by atoms with Crippen molar-refractivity contribution in [2.75, 3.05) is 7.11 Å². The van der Waals surface area contributed by atoms with Crippen LogP contribution in [0.25, 0.3) is 0 Å². The van der Waals surface area contributed by atoms with E-state index in [1.165, 1.54) is 49.7 Å². The number of methoxy groups -OCH3 is 1. The van der Waals surface area contributed by atoms with Crippen LogP contribution in [0.2, 0.25) is 0 Å². The van der Waals surface area contributed by atoms with Crippen LogP contribution >= 0.6 is 0 Å². The molecule has 1 fully saturated rings. The summed E-state index contributed by atoms with van der Waals surface area (Å²) in [4.78, 5) is 0. The van der Waals surface area contributed by atoms with Crippen LogP contribution in [-0.2, 0) is 6.42 Å². The Labute approximate surface area is 116 Å². The summed E-state index contributed by atoms with van der Waals surface area (Å²) < 4.78 is 5.34. The number of rotatable bonds is 4. The van der Waals surface area contributed by atoms with Crippen molar-refractivity contribution in [3.05, 3.63) is 29.3 Å². The van der Waals surface area contributed by atoms with E-state index >= 15 is 0 Å². The summed E-state index contributed by atoms with van der Waals surface area (Å²) in [7, 11) is 1.75. The molecule has 19 heavy (non-hydrogen) atoms. The van der Waals surface area contributed by atoms with Crippen LogP contribution < -0.4 is 10.1 Å². The van der Waals surface area contributed by atoms with Gasteiger partial charge in [-0.05, 0) is 68.2 Å². The molecule has 2 unspecified atom stereocenters. The fourth-order valence-corrected chi connectivity index (χ4v) is 3.48. The lowest BCUT2D eigenvalue weighted by Crippen LogP contribution is -2.40. The van der Waals surface area contributed by atoms with E-state index in [0.717, 1.165) is 11.7 Å². The maximum Gasteiger partial charge on any atom is 0.119 e. The molecular formula is C17H25NO. The van der Waals surface area contributed by atoms with Crippen molar-refractivity contribution in [2.24, 2.45) is 5.92 Å². The number of nitrogens with one attached hydrogen (secondary N) is 1. The third-order valence-electron chi connectivity index (χ3n) is 4.99. The molecule has 2 aliphatic rings. The molecule has 104 valence electrons. The van der Waals surface area contributed by atoms with Crippen molar-refractivity contribution >= 4 is 0 Å². The molecule has 2 nitrogen and oxygen atoms in total. The summed E-state index contributed by atoms with van der Waals surface area (Å²) in [5.74, 6) is 1.90. The summed E-state index contributed by atoms with van der Waals surface area (Å²) in [6.07, 6.45) is 8.01. The lowest BCUT2D eigenvalue weighted by molar-refractivity contribution is 0.221. The number of ether oxygens (including phenoxy) is 1. The zero-order valence-electron chi connectivity index (χ0n) is 12.1. The minimum absolute atomic E-state index is 0.547. The quantitative estimate of drug-likeness (QED) is 0.886. The lowest BCUT2D eigenvalue weighted by Gasteiger charge is -2.36. The maximum atomic E-state index is 5.34. The summed E-state index contributed by atoms with van der Waals surface area (Å²) in [6.45, 7) is 2.36. The molecule has 0 radical (unpaired) electrons. The zero-order valence-corrected chi connectivity index (χ0v) is 12.1. The highest BCUT2D eigenvalue weighted by Gasteiger charge is 2.28. The monoisotopic (exact) mass is 259 g/mol. The zero-order chi connectivity index (χ0) is 13.2.